The Morgan fingerprint density at radius 2 is 1.73 bits per heavy atom. The molecule has 0 aliphatic carbocycles. The van der Waals surface area contributed by atoms with Crippen molar-refractivity contribution in [3.05, 3.63) is 53.6 Å². The number of rotatable bonds is 9. The van der Waals surface area contributed by atoms with Crippen LogP contribution in [0.5, 0.6) is 5.75 Å². The third-order valence-corrected chi connectivity index (χ3v) is 5.70. The molecule has 0 saturated heterocycles. The number of anilines is 1. The molecule has 0 fully saturated rings. The molecule has 0 aliphatic rings. The van der Waals surface area contributed by atoms with Gasteiger partial charge in [-0.05, 0) is 62.7 Å². The van der Waals surface area contributed by atoms with Gasteiger partial charge in [0, 0.05) is 12.2 Å². The largest absolute Gasteiger partial charge is 0.494 e. The van der Waals surface area contributed by atoms with E-state index in [1.807, 2.05) is 6.92 Å². The number of hydrogen-bond acceptors (Lipinski definition) is 6. The highest BCUT2D eigenvalue weighted by Gasteiger charge is 2.22. The Bertz CT molecular complexity index is 1000. The Morgan fingerprint density at radius 3 is 2.33 bits per heavy atom. The maximum Gasteiger partial charge on any atom is 0.339 e. The van der Waals surface area contributed by atoms with Crippen LogP contribution in [0.15, 0.2) is 47.4 Å². The summed E-state index contributed by atoms with van der Waals surface area (Å²) in [6, 6.07) is 11.0. The van der Waals surface area contributed by atoms with Gasteiger partial charge in [0.15, 0.2) is 6.10 Å². The lowest BCUT2D eigenvalue weighted by atomic mass is 10.1. The maximum absolute atomic E-state index is 12.6. The van der Waals surface area contributed by atoms with Crippen LogP contribution >= 0.6 is 0 Å². The zero-order valence-electron chi connectivity index (χ0n) is 17.4. The molecule has 8 nitrogen and oxygen atoms in total. The number of amides is 1. The Morgan fingerprint density at radius 1 is 1.07 bits per heavy atom. The molecule has 0 bridgehead atoms. The third kappa shape index (κ3) is 6.04. The normalized spacial score (nSPS) is 12.1. The van der Waals surface area contributed by atoms with Gasteiger partial charge in [-0.1, -0.05) is 13.0 Å². The molecule has 0 radical (unpaired) electrons. The minimum atomic E-state index is -3.72. The first-order valence-electron chi connectivity index (χ1n) is 9.53. The summed E-state index contributed by atoms with van der Waals surface area (Å²) in [5.41, 5.74) is 1.14. The molecule has 0 saturated carbocycles. The Labute approximate surface area is 176 Å². The minimum Gasteiger partial charge on any atom is -0.494 e. The number of nitrogens with one attached hydrogen (secondary N) is 2. The SMILES string of the molecule is CCNS(=O)(=O)c1ccc(C)c(C(=O)OC(C)C(=O)Nc2ccc(OCC)cc2)c1. The fraction of sp³-hybridized carbons (Fsp3) is 0.333. The standard InChI is InChI=1S/C21H26N2O6S/c1-5-22-30(26,27)18-12-7-14(3)19(13-18)21(25)29-15(4)20(24)23-16-8-10-17(11-9-16)28-6-2/h7-13,15,22H,5-6H2,1-4H3,(H,23,24). The van der Waals surface area contributed by atoms with Crippen molar-refractivity contribution in [2.75, 3.05) is 18.5 Å². The molecule has 2 aromatic carbocycles. The van der Waals surface area contributed by atoms with E-state index in [9.17, 15) is 18.0 Å². The third-order valence-electron chi connectivity index (χ3n) is 4.16. The molecule has 2 N–H and O–H groups in total. The number of ether oxygens (including phenoxy) is 2. The van der Waals surface area contributed by atoms with Crippen LogP contribution in [0.3, 0.4) is 0 Å². The first-order valence-corrected chi connectivity index (χ1v) is 11.0. The number of carbonyl (C=O) groups is 2. The average Bonchev–Trinajstić information content (AvgIpc) is 2.69. The Balaban J connectivity index is 2.08. The van der Waals surface area contributed by atoms with Crippen LogP contribution in [0, 0.1) is 6.92 Å². The monoisotopic (exact) mass is 434 g/mol. The van der Waals surface area contributed by atoms with Crippen LogP contribution in [-0.4, -0.2) is 39.5 Å². The number of benzene rings is 2. The second-order valence-corrected chi connectivity index (χ2v) is 8.24. The first-order chi connectivity index (χ1) is 14.2. The Kier molecular flexibility index (Phi) is 7.96. The van der Waals surface area contributed by atoms with Crippen LogP contribution in [0.1, 0.15) is 36.7 Å². The molecule has 1 unspecified atom stereocenters. The zero-order chi connectivity index (χ0) is 22.3. The van der Waals surface area contributed by atoms with Crippen LogP contribution in [0.25, 0.3) is 0 Å². The van der Waals surface area contributed by atoms with E-state index in [-0.39, 0.29) is 17.0 Å². The van der Waals surface area contributed by atoms with E-state index >= 15 is 0 Å². The van der Waals surface area contributed by atoms with Gasteiger partial charge < -0.3 is 14.8 Å². The smallest absolute Gasteiger partial charge is 0.339 e. The van der Waals surface area contributed by atoms with Crippen molar-refractivity contribution < 1.29 is 27.5 Å². The van der Waals surface area contributed by atoms with Crippen LogP contribution in [0.2, 0.25) is 0 Å². The van der Waals surface area contributed by atoms with Gasteiger partial charge in [0.05, 0.1) is 17.1 Å². The second-order valence-electron chi connectivity index (χ2n) is 6.47. The lowest BCUT2D eigenvalue weighted by molar-refractivity contribution is -0.123. The number of carbonyl (C=O) groups excluding carboxylic acids is 2. The van der Waals surface area contributed by atoms with Crippen molar-refractivity contribution in [3.8, 4) is 5.75 Å². The molecule has 0 aliphatic heterocycles. The minimum absolute atomic E-state index is 0.0478. The van der Waals surface area contributed by atoms with Gasteiger partial charge in [-0.15, -0.1) is 0 Å². The molecule has 1 amide bonds. The van der Waals surface area contributed by atoms with Gasteiger partial charge in [0.25, 0.3) is 5.91 Å². The number of sulfonamides is 1. The van der Waals surface area contributed by atoms with E-state index < -0.39 is 28.0 Å². The number of esters is 1. The van der Waals surface area contributed by atoms with Crippen LogP contribution in [0.4, 0.5) is 5.69 Å². The molecule has 162 valence electrons. The van der Waals surface area contributed by atoms with Gasteiger partial charge in [0.1, 0.15) is 5.75 Å². The summed E-state index contributed by atoms with van der Waals surface area (Å²) in [6.45, 7) is 7.39. The fourth-order valence-electron chi connectivity index (χ4n) is 2.58. The molecule has 2 rings (SSSR count). The molecule has 1 atom stereocenters. The molecule has 0 spiro atoms. The van der Waals surface area contributed by atoms with E-state index in [2.05, 4.69) is 10.0 Å². The summed E-state index contributed by atoms with van der Waals surface area (Å²) in [6.07, 6.45) is -1.09. The van der Waals surface area contributed by atoms with E-state index in [1.165, 1.54) is 25.1 Å². The molecule has 0 aromatic heterocycles. The Hall–Kier alpha value is -2.91. The van der Waals surface area contributed by atoms with Crippen LogP contribution in [-0.2, 0) is 19.6 Å². The van der Waals surface area contributed by atoms with Crippen molar-refractivity contribution in [3.63, 3.8) is 0 Å². The highest BCUT2D eigenvalue weighted by Crippen LogP contribution is 2.19. The highest BCUT2D eigenvalue weighted by molar-refractivity contribution is 7.89. The molecule has 9 heteroatoms. The van der Waals surface area contributed by atoms with E-state index in [4.69, 9.17) is 9.47 Å². The zero-order valence-corrected chi connectivity index (χ0v) is 18.2. The van der Waals surface area contributed by atoms with E-state index in [0.717, 1.165) is 0 Å². The first kappa shape index (κ1) is 23.4. The molecular weight excluding hydrogens is 408 g/mol. The topological polar surface area (TPSA) is 111 Å². The molecule has 0 heterocycles. The quantitative estimate of drug-likeness (QED) is 0.587. The average molecular weight is 435 g/mol. The van der Waals surface area contributed by atoms with Crippen molar-refractivity contribution >= 4 is 27.6 Å². The molecule has 2 aromatic rings. The fourth-order valence-corrected chi connectivity index (χ4v) is 3.65. The van der Waals surface area contributed by atoms with Gasteiger partial charge >= 0.3 is 5.97 Å². The van der Waals surface area contributed by atoms with Gasteiger partial charge in [-0.25, -0.2) is 17.9 Å². The van der Waals surface area contributed by atoms with Gasteiger partial charge in [-0.3, -0.25) is 4.79 Å². The van der Waals surface area contributed by atoms with Crippen molar-refractivity contribution in [2.24, 2.45) is 0 Å². The highest BCUT2D eigenvalue weighted by atomic mass is 32.2. The molecular formula is C21H26N2O6S. The summed E-state index contributed by atoms with van der Waals surface area (Å²) in [7, 11) is -3.72. The predicted molar refractivity (Wildman–Crippen MR) is 113 cm³/mol. The maximum atomic E-state index is 12.6. The van der Waals surface area contributed by atoms with Crippen LogP contribution < -0.4 is 14.8 Å². The van der Waals surface area contributed by atoms with E-state index in [0.29, 0.717) is 23.6 Å². The van der Waals surface area contributed by atoms with Crippen molar-refractivity contribution in [1.29, 1.82) is 0 Å². The number of aryl methyl sites for hydroxylation is 1. The predicted octanol–water partition coefficient (Wildman–Crippen LogP) is 2.88. The summed E-state index contributed by atoms with van der Waals surface area (Å²) >= 11 is 0. The number of hydrogen-bond donors (Lipinski definition) is 2. The lowest BCUT2D eigenvalue weighted by Crippen LogP contribution is -2.30. The summed E-state index contributed by atoms with van der Waals surface area (Å²) in [5, 5.41) is 2.66. The molecule has 30 heavy (non-hydrogen) atoms. The van der Waals surface area contributed by atoms with Gasteiger partial charge in [-0.2, -0.15) is 0 Å². The lowest BCUT2D eigenvalue weighted by Gasteiger charge is -2.15. The summed E-state index contributed by atoms with van der Waals surface area (Å²) < 4.78 is 37.3. The van der Waals surface area contributed by atoms with Gasteiger partial charge in [0.2, 0.25) is 10.0 Å². The van der Waals surface area contributed by atoms with Crippen molar-refractivity contribution in [2.45, 2.75) is 38.7 Å². The summed E-state index contributed by atoms with van der Waals surface area (Å²) in [5.74, 6) is -0.616. The van der Waals surface area contributed by atoms with Crippen molar-refractivity contribution in [1.82, 2.24) is 4.72 Å². The van der Waals surface area contributed by atoms with E-state index in [1.54, 1.807) is 38.1 Å². The summed E-state index contributed by atoms with van der Waals surface area (Å²) in [4.78, 5) is 24.9. The second kappa shape index (κ2) is 10.2.